The molecule has 1 aromatic heterocycles. The van der Waals surface area contributed by atoms with Crippen LogP contribution in [0.3, 0.4) is 0 Å². The first-order valence-corrected chi connectivity index (χ1v) is 6.90. The molecule has 2 aromatic rings. The van der Waals surface area contributed by atoms with Crippen molar-refractivity contribution in [1.82, 2.24) is 15.3 Å². The summed E-state index contributed by atoms with van der Waals surface area (Å²) in [5.41, 5.74) is 3.41. The number of H-pyrrole nitrogens is 1. The summed E-state index contributed by atoms with van der Waals surface area (Å²) in [6.45, 7) is 5.15. The van der Waals surface area contributed by atoms with Crippen LogP contribution in [0.5, 0.6) is 0 Å². The molecular formula is C14H18BrN3. The van der Waals surface area contributed by atoms with Gasteiger partial charge in [0.1, 0.15) is 5.82 Å². The lowest BCUT2D eigenvalue weighted by molar-refractivity contribution is 0.750. The Balaban J connectivity index is 2.43. The number of halogens is 1. The van der Waals surface area contributed by atoms with Crippen molar-refractivity contribution in [2.24, 2.45) is 0 Å². The number of hydrogen-bond donors (Lipinski definition) is 2. The van der Waals surface area contributed by atoms with Gasteiger partial charge < -0.3 is 10.3 Å². The zero-order chi connectivity index (χ0) is 13.1. The van der Waals surface area contributed by atoms with E-state index in [4.69, 9.17) is 4.98 Å². The highest BCUT2D eigenvalue weighted by Gasteiger charge is 2.13. The molecule has 0 saturated carbocycles. The average Bonchev–Trinajstić information content (AvgIpc) is 2.74. The molecule has 18 heavy (non-hydrogen) atoms. The van der Waals surface area contributed by atoms with Crippen LogP contribution in [0.1, 0.15) is 31.2 Å². The van der Waals surface area contributed by atoms with Gasteiger partial charge in [0.25, 0.3) is 0 Å². The molecule has 4 heteroatoms. The number of nitrogens with zero attached hydrogens (tertiary/aromatic N) is 1. The van der Waals surface area contributed by atoms with Crippen molar-refractivity contribution < 1.29 is 0 Å². The fraction of sp³-hybridized carbons (Fsp3) is 0.357. The molecule has 1 aromatic carbocycles. The van der Waals surface area contributed by atoms with Crippen molar-refractivity contribution in [3.63, 3.8) is 0 Å². The minimum atomic E-state index is 0.422. The molecule has 1 heterocycles. The highest BCUT2D eigenvalue weighted by atomic mass is 79.9. The molecule has 0 bridgehead atoms. The molecule has 0 aliphatic heterocycles. The van der Waals surface area contributed by atoms with Crippen molar-refractivity contribution in [3.05, 3.63) is 40.1 Å². The Morgan fingerprint density at radius 3 is 2.78 bits per heavy atom. The van der Waals surface area contributed by atoms with Crippen molar-refractivity contribution in [2.45, 2.75) is 26.3 Å². The zero-order valence-corrected chi connectivity index (χ0v) is 12.5. The third-order valence-corrected chi connectivity index (χ3v) is 3.30. The van der Waals surface area contributed by atoms with E-state index in [9.17, 15) is 0 Å². The Hall–Kier alpha value is -1.13. The molecule has 2 N–H and O–H groups in total. The van der Waals surface area contributed by atoms with E-state index in [2.05, 4.69) is 52.2 Å². The van der Waals surface area contributed by atoms with Gasteiger partial charge in [-0.15, -0.1) is 0 Å². The van der Waals surface area contributed by atoms with Crippen molar-refractivity contribution in [3.8, 4) is 11.4 Å². The maximum atomic E-state index is 4.72. The minimum absolute atomic E-state index is 0.422. The smallest absolute Gasteiger partial charge is 0.137 e. The normalized spacial score (nSPS) is 11.2. The van der Waals surface area contributed by atoms with E-state index >= 15 is 0 Å². The van der Waals surface area contributed by atoms with Crippen LogP contribution in [0.15, 0.2) is 28.7 Å². The summed E-state index contributed by atoms with van der Waals surface area (Å²) >= 11 is 3.49. The fourth-order valence-corrected chi connectivity index (χ4v) is 2.38. The van der Waals surface area contributed by atoms with E-state index in [0.29, 0.717) is 5.92 Å². The number of nitrogens with one attached hydrogen (secondary N) is 2. The van der Waals surface area contributed by atoms with Gasteiger partial charge in [-0.05, 0) is 25.1 Å². The van der Waals surface area contributed by atoms with Gasteiger partial charge in [0.2, 0.25) is 0 Å². The molecule has 3 nitrogen and oxygen atoms in total. The minimum Gasteiger partial charge on any atom is -0.341 e. The van der Waals surface area contributed by atoms with Crippen LogP contribution in [-0.4, -0.2) is 17.0 Å². The Bertz CT molecular complexity index is 532. The van der Waals surface area contributed by atoms with E-state index in [-0.39, 0.29) is 0 Å². The van der Waals surface area contributed by atoms with E-state index in [0.717, 1.165) is 28.1 Å². The first kappa shape index (κ1) is 13.3. The van der Waals surface area contributed by atoms with Crippen molar-refractivity contribution >= 4 is 15.9 Å². The quantitative estimate of drug-likeness (QED) is 0.904. The van der Waals surface area contributed by atoms with Crippen molar-refractivity contribution in [2.75, 3.05) is 7.05 Å². The van der Waals surface area contributed by atoms with Crippen molar-refractivity contribution in [1.29, 1.82) is 0 Å². The largest absolute Gasteiger partial charge is 0.341 e. The molecule has 0 atom stereocenters. The zero-order valence-electron chi connectivity index (χ0n) is 10.9. The molecule has 0 unspecified atom stereocenters. The molecule has 2 rings (SSSR count). The fourth-order valence-electron chi connectivity index (χ4n) is 1.98. The summed E-state index contributed by atoms with van der Waals surface area (Å²) in [5, 5.41) is 3.17. The van der Waals surface area contributed by atoms with Gasteiger partial charge in [0, 0.05) is 16.6 Å². The first-order chi connectivity index (χ1) is 8.61. The Morgan fingerprint density at radius 1 is 1.39 bits per heavy atom. The first-order valence-electron chi connectivity index (χ1n) is 6.11. The molecule has 0 fully saturated rings. The Kier molecular flexibility index (Phi) is 4.19. The Labute approximate surface area is 116 Å². The average molecular weight is 308 g/mol. The summed E-state index contributed by atoms with van der Waals surface area (Å²) in [6.07, 6.45) is 0. The number of aromatic amines is 1. The lowest BCUT2D eigenvalue weighted by Gasteiger charge is -2.03. The second-order valence-corrected chi connectivity index (χ2v) is 5.56. The molecular weight excluding hydrogens is 290 g/mol. The lowest BCUT2D eigenvalue weighted by atomic mass is 10.1. The molecule has 0 amide bonds. The molecule has 96 valence electrons. The van der Waals surface area contributed by atoms with Crippen LogP contribution in [0.25, 0.3) is 11.4 Å². The predicted molar refractivity (Wildman–Crippen MR) is 78.6 cm³/mol. The summed E-state index contributed by atoms with van der Waals surface area (Å²) in [4.78, 5) is 8.14. The molecule has 0 aliphatic rings. The summed E-state index contributed by atoms with van der Waals surface area (Å²) in [5.74, 6) is 1.36. The predicted octanol–water partition coefficient (Wildman–Crippen LogP) is 3.68. The van der Waals surface area contributed by atoms with Gasteiger partial charge in [-0.2, -0.15) is 0 Å². The van der Waals surface area contributed by atoms with Crippen LogP contribution in [0.4, 0.5) is 0 Å². The second kappa shape index (κ2) is 5.67. The standard InChI is InChI=1S/C14H18BrN3/c1-9(2)13-12(8-16-3)17-14(18-13)10-5-4-6-11(15)7-10/h4-7,9,16H,8H2,1-3H3,(H,17,18). The van der Waals surface area contributed by atoms with Gasteiger partial charge >= 0.3 is 0 Å². The van der Waals surface area contributed by atoms with Crippen LogP contribution in [0.2, 0.25) is 0 Å². The number of benzene rings is 1. The summed E-state index contributed by atoms with van der Waals surface area (Å²) < 4.78 is 1.07. The molecule has 0 spiro atoms. The maximum Gasteiger partial charge on any atom is 0.137 e. The summed E-state index contributed by atoms with van der Waals surface area (Å²) in [6, 6.07) is 8.18. The summed E-state index contributed by atoms with van der Waals surface area (Å²) in [7, 11) is 1.95. The van der Waals surface area contributed by atoms with Gasteiger partial charge in [-0.25, -0.2) is 4.98 Å². The van der Waals surface area contributed by atoms with E-state index in [1.54, 1.807) is 0 Å². The van der Waals surface area contributed by atoms with Gasteiger partial charge in [0.05, 0.1) is 11.4 Å². The third-order valence-electron chi connectivity index (χ3n) is 2.81. The number of rotatable bonds is 4. The van der Waals surface area contributed by atoms with Crippen LogP contribution in [0, 0.1) is 0 Å². The SMILES string of the molecule is CNCc1[nH]c(-c2cccc(Br)c2)nc1C(C)C. The number of hydrogen-bond acceptors (Lipinski definition) is 2. The van der Waals surface area contributed by atoms with Crippen LogP contribution < -0.4 is 5.32 Å². The Morgan fingerprint density at radius 2 is 2.17 bits per heavy atom. The van der Waals surface area contributed by atoms with Gasteiger partial charge in [-0.3, -0.25) is 0 Å². The molecule has 0 radical (unpaired) electrons. The highest BCUT2D eigenvalue weighted by molar-refractivity contribution is 9.10. The van der Waals surface area contributed by atoms with E-state index in [1.165, 1.54) is 5.69 Å². The number of imidazole rings is 1. The van der Waals surface area contributed by atoms with E-state index in [1.807, 2.05) is 19.2 Å². The highest BCUT2D eigenvalue weighted by Crippen LogP contribution is 2.25. The van der Waals surface area contributed by atoms with Crippen LogP contribution in [-0.2, 0) is 6.54 Å². The lowest BCUT2D eigenvalue weighted by Crippen LogP contribution is -2.08. The van der Waals surface area contributed by atoms with E-state index < -0.39 is 0 Å². The third kappa shape index (κ3) is 2.82. The molecule has 0 aliphatic carbocycles. The second-order valence-electron chi connectivity index (χ2n) is 4.64. The monoisotopic (exact) mass is 307 g/mol. The number of aromatic nitrogens is 2. The molecule has 0 saturated heterocycles. The van der Waals surface area contributed by atoms with Crippen LogP contribution >= 0.6 is 15.9 Å². The van der Waals surface area contributed by atoms with Gasteiger partial charge in [-0.1, -0.05) is 41.9 Å². The topological polar surface area (TPSA) is 40.7 Å². The maximum absolute atomic E-state index is 4.72. The van der Waals surface area contributed by atoms with Gasteiger partial charge in [0.15, 0.2) is 0 Å².